The molecule has 0 saturated carbocycles. The number of esters is 2. The molecule has 13 heteroatoms. The SMILES string of the molecule is CCOP(=O)(OCC)[C@@H](C(=O)OCc1ccccc1)N1C(=O)[C@@H](N=Cc2ccccc2)[C@H]1CCC1(COC(C)=O)OCCO1. The predicted molar refractivity (Wildman–Crippen MR) is 160 cm³/mol. The highest BCUT2D eigenvalue weighted by Crippen LogP contribution is 2.57. The van der Waals surface area contributed by atoms with Gasteiger partial charge in [0.25, 0.3) is 5.91 Å². The van der Waals surface area contributed by atoms with E-state index in [4.69, 9.17) is 28.0 Å². The van der Waals surface area contributed by atoms with Crippen molar-refractivity contribution < 1.29 is 46.9 Å². The first-order valence-electron chi connectivity index (χ1n) is 14.6. The van der Waals surface area contributed by atoms with Gasteiger partial charge in [0.2, 0.25) is 11.6 Å². The van der Waals surface area contributed by atoms with Crippen molar-refractivity contribution in [2.75, 3.05) is 33.0 Å². The maximum atomic E-state index is 14.2. The molecule has 4 rings (SSSR count). The molecular formula is C31H39N2O10P. The van der Waals surface area contributed by atoms with E-state index in [9.17, 15) is 18.9 Å². The zero-order valence-corrected chi connectivity index (χ0v) is 26.1. The third-order valence-corrected chi connectivity index (χ3v) is 9.45. The minimum atomic E-state index is -4.25. The van der Waals surface area contributed by atoms with Crippen LogP contribution in [-0.4, -0.2) is 85.6 Å². The van der Waals surface area contributed by atoms with Gasteiger partial charge in [-0.2, -0.15) is 0 Å². The molecule has 0 aromatic heterocycles. The Bertz CT molecular complexity index is 1320. The van der Waals surface area contributed by atoms with Gasteiger partial charge in [-0.25, -0.2) is 4.79 Å². The normalized spacial score (nSPS) is 20.3. The average Bonchev–Trinajstić information content (AvgIpc) is 3.49. The van der Waals surface area contributed by atoms with Gasteiger partial charge in [-0.1, -0.05) is 60.7 Å². The lowest BCUT2D eigenvalue weighted by atomic mass is 9.89. The molecule has 0 aliphatic carbocycles. The van der Waals surface area contributed by atoms with E-state index >= 15 is 0 Å². The van der Waals surface area contributed by atoms with E-state index in [2.05, 4.69) is 4.99 Å². The Morgan fingerprint density at radius 1 is 1.02 bits per heavy atom. The Balaban J connectivity index is 1.66. The summed E-state index contributed by atoms with van der Waals surface area (Å²) in [7, 11) is -4.25. The number of aliphatic imine (C=N–C) groups is 1. The molecule has 0 spiro atoms. The van der Waals surface area contributed by atoms with Gasteiger partial charge >= 0.3 is 19.5 Å². The monoisotopic (exact) mass is 630 g/mol. The van der Waals surface area contributed by atoms with Crippen LogP contribution < -0.4 is 0 Å². The van der Waals surface area contributed by atoms with Crippen molar-refractivity contribution in [1.82, 2.24) is 4.90 Å². The molecule has 3 atom stereocenters. The fourth-order valence-electron chi connectivity index (χ4n) is 5.13. The lowest BCUT2D eigenvalue weighted by Gasteiger charge is -2.49. The molecule has 2 saturated heterocycles. The standard InChI is InChI=1S/C31H39N2O10P/c1-4-42-44(37,43-5-2)29(30(36)38-21-25-14-10-7-11-15-25)33-26(16-17-31(22-39-23(3)34)40-18-19-41-31)27(28(33)35)32-20-24-12-8-6-9-13-24/h6-15,20,26-27,29H,4-5,16-19,21-22H2,1-3H3/t26-,27+,29+/m1/s1. The molecule has 0 unspecified atom stereocenters. The first-order valence-corrected chi connectivity index (χ1v) is 16.2. The highest BCUT2D eigenvalue weighted by atomic mass is 31.2. The molecule has 2 aromatic carbocycles. The van der Waals surface area contributed by atoms with Gasteiger partial charge in [0.05, 0.1) is 32.5 Å². The molecule has 44 heavy (non-hydrogen) atoms. The number of hydrogen-bond acceptors (Lipinski definition) is 11. The van der Waals surface area contributed by atoms with Crippen LogP contribution in [0, 0.1) is 0 Å². The van der Waals surface area contributed by atoms with Crippen LogP contribution in [0.2, 0.25) is 0 Å². The summed E-state index contributed by atoms with van der Waals surface area (Å²) in [5.41, 5.74) is 1.49. The van der Waals surface area contributed by atoms with Gasteiger partial charge in [-0.3, -0.25) is 19.1 Å². The van der Waals surface area contributed by atoms with Crippen LogP contribution in [0.25, 0.3) is 0 Å². The van der Waals surface area contributed by atoms with Crippen LogP contribution in [0.4, 0.5) is 0 Å². The van der Waals surface area contributed by atoms with E-state index in [-0.39, 0.29) is 39.3 Å². The highest BCUT2D eigenvalue weighted by Gasteiger charge is 2.60. The zero-order chi connectivity index (χ0) is 31.6. The van der Waals surface area contributed by atoms with E-state index in [1.165, 1.54) is 11.8 Å². The van der Waals surface area contributed by atoms with Gasteiger partial charge in [0, 0.05) is 19.6 Å². The summed E-state index contributed by atoms with van der Waals surface area (Å²) in [4.78, 5) is 44.8. The molecule has 238 valence electrons. The lowest BCUT2D eigenvalue weighted by Crippen LogP contribution is -2.69. The molecule has 2 fully saturated rings. The number of carbonyl (C=O) groups excluding carboxylic acids is 3. The van der Waals surface area contributed by atoms with Gasteiger partial charge in [-0.15, -0.1) is 0 Å². The second kappa shape index (κ2) is 15.5. The molecule has 12 nitrogen and oxygen atoms in total. The van der Waals surface area contributed by atoms with Crippen molar-refractivity contribution in [2.45, 2.75) is 63.9 Å². The third kappa shape index (κ3) is 8.19. The molecule has 0 bridgehead atoms. The Morgan fingerprint density at radius 2 is 1.64 bits per heavy atom. The summed E-state index contributed by atoms with van der Waals surface area (Å²) in [6, 6.07) is 16.6. The topological polar surface area (TPSA) is 139 Å². The summed E-state index contributed by atoms with van der Waals surface area (Å²) in [6.45, 7) is 4.79. The Hall–Kier alpha value is -3.41. The van der Waals surface area contributed by atoms with Crippen molar-refractivity contribution in [3.05, 3.63) is 71.8 Å². The van der Waals surface area contributed by atoms with Crippen molar-refractivity contribution in [3.8, 4) is 0 Å². The predicted octanol–water partition coefficient (Wildman–Crippen LogP) is 4.11. The number of benzene rings is 2. The number of likely N-dealkylation sites (tertiary alicyclic amines) is 1. The van der Waals surface area contributed by atoms with E-state index in [0.717, 1.165) is 5.56 Å². The molecular weight excluding hydrogens is 591 g/mol. The van der Waals surface area contributed by atoms with Crippen LogP contribution in [-0.2, 0) is 53.6 Å². The van der Waals surface area contributed by atoms with Crippen LogP contribution >= 0.6 is 7.60 Å². The summed E-state index contributed by atoms with van der Waals surface area (Å²) < 4.78 is 47.8. The molecule has 0 N–H and O–H groups in total. The maximum Gasteiger partial charge on any atom is 0.364 e. The van der Waals surface area contributed by atoms with Crippen LogP contribution in [0.1, 0.15) is 44.7 Å². The number of hydrogen-bond donors (Lipinski definition) is 0. The minimum Gasteiger partial charge on any atom is -0.460 e. The van der Waals surface area contributed by atoms with Gasteiger partial charge < -0.3 is 32.9 Å². The van der Waals surface area contributed by atoms with E-state index in [1.807, 2.05) is 36.4 Å². The van der Waals surface area contributed by atoms with Crippen molar-refractivity contribution >= 4 is 31.7 Å². The molecule has 2 aromatic rings. The largest absolute Gasteiger partial charge is 0.460 e. The number of ether oxygens (including phenoxy) is 4. The second-order valence-corrected chi connectivity index (χ2v) is 12.3. The smallest absolute Gasteiger partial charge is 0.364 e. The van der Waals surface area contributed by atoms with Crippen molar-refractivity contribution in [2.24, 2.45) is 4.99 Å². The Labute approximate surface area is 257 Å². The summed E-state index contributed by atoms with van der Waals surface area (Å²) in [5, 5.41) is 0. The van der Waals surface area contributed by atoms with E-state index in [0.29, 0.717) is 18.8 Å². The minimum absolute atomic E-state index is 0.0325. The number of amides is 1. The van der Waals surface area contributed by atoms with Gasteiger partial charge in [0.1, 0.15) is 19.3 Å². The average molecular weight is 631 g/mol. The molecule has 0 radical (unpaired) electrons. The Morgan fingerprint density at radius 3 is 2.23 bits per heavy atom. The number of rotatable bonds is 16. The molecule has 2 aliphatic rings. The fourth-order valence-corrected chi connectivity index (χ4v) is 7.13. The van der Waals surface area contributed by atoms with Gasteiger partial charge in [-0.05, 0) is 31.4 Å². The van der Waals surface area contributed by atoms with Crippen molar-refractivity contribution in [1.29, 1.82) is 0 Å². The number of nitrogens with zero attached hydrogens (tertiary/aromatic N) is 2. The highest BCUT2D eigenvalue weighted by molar-refractivity contribution is 7.55. The maximum absolute atomic E-state index is 14.2. The number of carbonyl (C=O) groups is 3. The molecule has 2 aliphatic heterocycles. The van der Waals surface area contributed by atoms with Crippen LogP contribution in [0.3, 0.4) is 0 Å². The second-order valence-electron chi connectivity index (χ2n) is 10.2. The molecule has 1 amide bonds. The van der Waals surface area contributed by atoms with Gasteiger partial charge in [0.15, 0.2) is 0 Å². The fraction of sp³-hybridized carbons (Fsp3) is 0.484. The summed E-state index contributed by atoms with van der Waals surface area (Å²) in [5.74, 6) is -4.88. The summed E-state index contributed by atoms with van der Waals surface area (Å²) >= 11 is 0. The van der Waals surface area contributed by atoms with Crippen molar-refractivity contribution in [3.63, 3.8) is 0 Å². The van der Waals surface area contributed by atoms with E-state index in [1.54, 1.807) is 44.3 Å². The summed E-state index contributed by atoms with van der Waals surface area (Å²) in [6.07, 6.45) is 1.97. The first-order chi connectivity index (χ1) is 21.2. The van der Waals surface area contributed by atoms with Crippen LogP contribution in [0.5, 0.6) is 0 Å². The Kier molecular flexibility index (Phi) is 11.8. The first kappa shape index (κ1) is 33.5. The lowest BCUT2D eigenvalue weighted by molar-refractivity contribution is -0.204. The third-order valence-electron chi connectivity index (χ3n) is 7.16. The zero-order valence-electron chi connectivity index (χ0n) is 25.2. The quantitative estimate of drug-likeness (QED) is 0.115. The van der Waals surface area contributed by atoms with Crippen LogP contribution in [0.15, 0.2) is 65.7 Å². The van der Waals surface area contributed by atoms with E-state index < -0.39 is 49.1 Å². The number of β-lactam (4-membered cyclic amide) rings is 1. The molecule has 2 heterocycles.